The summed E-state index contributed by atoms with van der Waals surface area (Å²) in [5.41, 5.74) is 1.43. The number of hydrogen-bond acceptors (Lipinski definition) is 4. The van der Waals surface area contributed by atoms with Gasteiger partial charge >= 0.3 is 12.2 Å². The van der Waals surface area contributed by atoms with Gasteiger partial charge in [-0.25, -0.2) is 4.79 Å². The third kappa shape index (κ3) is 4.66. The number of aromatic nitrogens is 2. The lowest BCUT2D eigenvalue weighted by Gasteiger charge is -2.22. The van der Waals surface area contributed by atoms with Gasteiger partial charge in [0, 0.05) is 12.6 Å². The molecule has 2 rings (SSSR count). The first-order chi connectivity index (χ1) is 11.3. The fraction of sp³-hybridized carbons (Fsp3) is 0.267. The maximum atomic E-state index is 12.3. The Balaban J connectivity index is 1.97. The number of rotatable bonds is 4. The number of benzene rings is 1. The Morgan fingerprint density at radius 2 is 1.88 bits per heavy atom. The summed E-state index contributed by atoms with van der Waals surface area (Å²) in [5, 5.41) is 19.0. The van der Waals surface area contributed by atoms with Crippen LogP contribution in [0.4, 0.5) is 23.8 Å². The number of halogens is 3. The predicted octanol–water partition coefficient (Wildman–Crippen LogP) is 2.53. The van der Waals surface area contributed by atoms with Gasteiger partial charge in [0.1, 0.15) is 0 Å². The third-order valence-corrected chi connectivity index (χ3v) is 3.14. The summed E-state index contributed by atoms with van der Waals surface area (Å²) in [6.45, 7) is -0.884. The molecular formula is C15H15F3N4O2. The van der Waals surface area contributed by atoms with Crippen molar-refractivity contribution in [2.75, 3.05) is 18.9 Å². The molecule has 1 aromatic heterocycles. The number of carbonyl (C=O) groups excluding carboxylic acids is 1. The highest BCUT2D eigenvalue weighted by atomic mass is 19.4. The van der Waals surface area contributed by atoms with Gasteiger partial charge in [0.2, 0.25) is 0 Å². The van der Waals surface area contributed by atoms with Crippen LogP contribution in [-0.4, -0.2) is 52.1 Å². The highest BCUT2D eigenvalue weighted by Crippen LogP contribution is 2.20. The van der Waals surface area contributed by atoms with Crippen molar-refractivity contribution >= 4 is 11.8 Å². The lowest BCUT2D eigenvalue weighted by atomic mass is 10.1. The average Bonchev–Trinajstić information content (AvgIpc) is 2.55. The molecule has 1 heterocycles. The van der Waals surface area contributed by atoms with Crippen LogP contribution in [0.3, 0.4) is 0 Å². The van der Waals surface area contributed by atoms with E-state index in [2.05, 4.69) is 15.5 Å². The van der Waals surface area contributed by atoms with E-state index in [9.17, 15) is 18.0 Å². The molecule has 128 valence electrons. The van der Waals surface area contributed by atoms with E-state index in [1.165, 1.54) is 6.07 Å². The Morgan fingerprint density at radius 3 is 2.42 bits per heavy atom. The van der Waals surface area contributed by atoms with Gasteiger partial charge in [0.05, 0.1) is 12.2 Å². The van der Waals surface area contributed by atoms with Crippen LogP contribution in [0.15, 0.2) is 42.5 Å². The number of likely N-dealkylation sites (N-methyl/N-ethyl adjacent to an activating group) is 1. The lowest BCUT2D eigenvalue weighted by molar-refractivity contribution is -0.205. The summed E-state index contributed by atoms with van der Waals surface area (Å²) < 4.78 is 36.8. The number of aliphatic hydroxyl groups is 1. The molecule has 0 aliphatic heterocycles. The number of carbonyl (C=O) groups is 1. The molecule has 6 nitrogen and oxygen atoms in total. The van der Waals surface area contributed by atoms with E-state index >= 15 is 0 Å². The number of amides is 2. The SMILES string of the molecule is CN(CC(O)C(F)(F)F)C(=O)Nc1ccc(-c2ccccc2)nn1. The number of hydrogen-bond donors (Lipinski definition) is 2. The number of nitrogens with one attached hydrogen (secondary N) is 1. The lowest BCUT2D eigenvalue weighted by Crippen LogP contribution is -2.43. The van der Waals surface area contributed by atoms with Crippen molar-refractivity contribution in [1.82, 2.24) is 15.1 Å². The molecule has 0 saturated heterocycles. The van der Waals surface area contributed by atoms with Crippen molar-refractivity contribution in [3.8, 4) is 11.3 Å². The molecule has 24 heavy (non-hydrogen) atoms. The van der Waals surface area contributed by atoms with E-state index in [0.717, 1.165) is 12.6 Å². The van der Waals surface area contributed by atoms with Crippen molar-refractivity contribution in [2.24, 2.45) is 0 Å². The first-order valence-electron chi connectivity index (χ1n) is 6.93. The van der Waals surface area contributed by atoms with Crippen LogP contribution in [0.5, 0.6) is 0 Å². The van der Waals surface area contributed by atoms with E-state index in [4.69, 9.17) is 5.11 Å². The smallest absolute Gasteiger partial charge is 0.382 e. The number of nitrogens with zero attached hydrogens (tertiary/aromatic N) is 3. The topological polar surface area (TPSA) is 78.4 Å². The van der Waals surface area contributed by atoms with Gasteiger partial charge in [-0.15, -0.1) is 10.2 Å². The largest absolute Gasteiger partial charge is 0.416 e. The van der Waals surface area contributed by atoms with Crippen molar-refractivity contribution in [1.29, 1.82) is 0 Å². The van der Waals surface area contributed by atoms with Crippen LogP contribution < -0.4 is 5.32 Å². The van der Waals surface area contributed by atoms with Crippen LogP contribution in [-0.2, 0) is 0 Å². The number of aliphatic hydroxyl groups excluding tert-OH is 1. The summed E-state index contributed by atoms with van der Waals surface area (Å²) in [4.78, 5) is 12.5. The maximum absolute atomic E-state index is 12.3. The fourth-order valence-corrected chi connectivity index (χ4v) is 1.81. The molecule has 0 aliphatic rings. The van der Waals surface area contributed by atoms with Crippen LogP contribution in [0.25, 0.3) is 11.3 Å². The third-order valence-electron chi connectivity index (χ3n) is 3.14. The second-order valence-corrected chi connectivity index (χ2v) is 5.04. The highest BCUT2D eigenvalue weighted by molar-refractivity contribution is 5.88. The van der Waals surface area contributed by atoms with E-state index in [-0.39, 0.29) is 5.82 Å². The molecule has 1 aromatic carbocycles. The second-order valence-electron chi connectivity index (χ2n) is 5.04. The Morgan fingerprint density at radius 1 is 1.21 bits per heavy atom. The van der Waals surface area contributed by atoms with Crippen LogP contribution >= 0.6 is 0 Å². The number of alkyl halides is 3. The van der Waals surface area contributed by atoms with E-state index in [1.807, 2.05) is 30.3 Å². The first kappa shape index (κ1) is 17.7. The summed E-state index contributed by atoms with van der Waals surface area (Å²) in [7, 11) is 1.13. The predicted molar refractivity (Wildman–Crippen MR) is 81.2 cm³/mol. The molecule has 1 atom stereocenters. The summed E-state index contributed by atoms with van der Waals surface area (Å²) >= 11 is 0. The van der Waals surface area contributed by atoms with Crippen molar-refractivity contribution in [3.05, 3.63) is 42.5 Å². The summed E-state index contributed by atoms with van der Waals surface area (Å²) in [6, 6.07) is 11.5. The number of urea groups is 1. The molecule has 2 amide bonds. The normalized spacial score (nSPS) is 12.5. The Labute approximate surface area is 135 Å². The Hall–Kier alpha value is -2.68. The minimum absolute atomic E-state index is 0.0908. The van der Waals surface area contributed by atoms with E-state index in [0.29, 0.717) is 10.6 Å². The molecule has 2 aromatic rings. The zero-order valence-electron chi connectivity index (χ0n) is 12.7. The van der Waals surface area contributed by atoms with Gasteiger partial charge in [-0.1, -0.05) is 30.3 Å². The average molecular weight is 340 g/mol. The van der Waals surface area contributed by atoms with Crippen molar-refractivity contribution in [2.45, 2.75) is 12.3 Å². The van der Waals surface area contributed by atoms with Gasteiger partial charge in [-0.3, -0.25) is 5.32 Å². The standard InChI is InChI=1S/C15H15F3N4O2/c1-22(9-12(23)15(16,17)18)14(24)19-13-8-7-11(20-21-13)10-5-3-2-4-6-10/h2-8,12,23H,9H2,1H3,(H,19,21,24). The van der Waals surface area contributed by atoms with Crippen LogP contribution in [0.2, 0.25) is 0 Å². The van der Waals surface area contributed by atoms with Gasteiger partial charge in [-0.05, 0) is 12.1 Å². The van der Waals surface area contributed by atoms with Crippen molar-refractivity contribution in [3.63, 3.8) is 0 Å². The molecule has 0 radical (unpaired) electrons. The van der Waals surface area contributed by atoms with Crippen molar-refractivity contribution < 1.29 is 23.1 Å². The van der Waals surface area contributed by atoms with Crippen LogP contribution in [0.1, 0.15) is 0 Å². The Bertz CT molecular complexity index is 677. The van der Waals surface area contributed by atoms with Gasteiger partial charge in [0.15, 0.2) is 11.9 Å². The van der Waals surface area contributed by atoms with Gasteiger partial charge in [0.25, 0.3) is 0 Å². The molecular weight excluding hydrogens is 325 g/mol. The van der Waals surface area contributed by atoms with Crippen LogP contribution in [0, 0.1) is 0 Å². The maximum Gasteiger partial charge on any atom is 0.416 e. The summed E-state index contributed by atoms with van der Waals surface area (Å²) in [5.74, 6) is 0.0908. The molecule has 0 spiro atoms. The molecule has 0 bridgehead atoms. The summed E-state index contributed by atoms with van der Waals surface area (Å²) in [6.07, 6.45) is -7.40. The first-order valence-corrected chi connectivity index (χ1v) is 6.93. The minimum atomic E-state index is -4.79. The van der Waals surface area contributed by atoms with E-state index in [1.54, 1.807) is 6.07 Å². The zero-order valence-corrected chi connectivity index (χ0v) is 12.7. The molecule has 0 saturated carbocycles. The number of anilines is 1. The molecule has 0 aliphatic carbocycles. The molecule has 1 unspecified atom stereocenters. The Kier molecular flexibility index (Phi) is 5.35. The highest BCUT2D eigenvalue weighted by Gasteiger charge is 2.39. The molecule has 2 N–H and O–H groups in total. The molecule has 0 fully saturated rings. The minimum Gasteiger partial charge on any atom is -0.382 e. The quantitative estimate of drug-likeness (QED) is 0.896. The fourth-order valence-electron chi connectivity index (χ4n) is 1.81. The van der Waals surface area contributed by atoms with E-state index < -0.39 is 24.9 Å². The molecule has 9 heteroatoms. The monoisotopic (exact) mass is 340 g/mol. The zero-order chi connectivity index (χ0) is 17.7. The van der Waals surface area contributed by atoms with Gasteiger partial charge in [-0.2, -0.15) is 13.2 Å². The second kappa shape index (κ2) is 7.26. The van der Waals surface area contributed by atoms with Gasteiger partial charge < -0.3 is 10.0 Å².